The van der Waals surface area contributed by atoms with Crippen molar-refractivity contribution in [2.75, 3.05) is 39.6 Å². The van der Waals surface area contributed by atoms with Crippen molar-refractivity contribution in [2.45, 2.75) is 342 Å². The minimum absolute atomic E-state index is 0.0815. The molecule has 0 aromatic rings. The number of esters is 4. The molecule has 0 aliphatic carbocycles. The van der Waals surface area contributed by atoms with Gasteiger partial charge < -0.3 is 33.8 Å². The van der Waals surface area contributed by atoms with E-state index in [0.29, 0.717) is 25.7 Å². The van der Waals surface area contributed by atoms with Crippen molar-refractivity contribution in [3.05, 3.63) is 48.6 Å². The van der Waals surface area contributed by atoms with Crippen molar-refractivity contribution in [1.29, 1.82) is 0 Å². The summed E-state index contributed by atoms with van der Waals surface area (Å²) in [5.41, 5.74) is 0. The van der Waals surface area contributed by atoms with Crippen molar-refractivity contribution < 1.29 is 80.2 Å². The van der Waals surface area contributed by atoms with Gasteiger partial charge in [-0.1, -0.05) is 270 Å². The second-order valence-corrected chi connectivity index (χ2v) is 28.6. The van der Waals surface area contributed by atoms with Gasteiger partial charge in [0, 0.05) is 25.7 Å². The van der Waals surface area contributed by atoms with E-state index in [9.17, 15) is 43.2 Å². The summed E-state index contributed by atoms with van der Waals surface area (Å²) in [6.45, 7) is 9.36. The van der Waals surface area contributed by atoms with Crippen LogP contribution in [0.15, 0.2) is 48.6 Å². The highest BCUT2D eigenvalue weighted by molar-refractivity contribution is 7.47. The lowest BCUT2D eigenvalue weighted by Gasteiger charge is -2.21. The first-order chi connectivity index (χ1) is 44.4. The van der Waals surface area contributed by atoms with E-state index >= 15 is 0 Å². The highest BCUT2D eigenvalue weighted by atomic mass is 31.2. The van der Waals surface area contributed by atoms with Crippen LogP contribution in [0.3, 0.4) is 0 Å². The van der Waals surface area contributed by atoms with Crippen molar-refractivity contribution in [2.24, 2.45) is 11.8 Å². The summed E-state index contributed by atoms with van der Waals surface area (Å²) in [6, 6.07) is 0. The molecule has 3 N–H and O–H groups in total. The fourth-order valence-electron chi connectivity index (χ4n) is 10.0. The van der Waals surface area contributed by atoms with Crippen LogP contribution in [0.5, 0.6) is 0 Å². The second kappa shape index (κ2) is 64.0. The molecule has 0 aromatic heterocycles. The number of carbonyl (C=O) groups excluding carboxylic acids is 4. The molecule has 0 bridgehead atoms. The molecule has 0 amide bonds. The highest BCUT2D eigenvalue weighted by Gasteiger charge is 2.30. The Balaban J connectivity index is 5.32. The number of phosphoric ester groups is 2. The molecule has 0 radical (unpaired) electrons. The van der Waals surface area contributed by atoms with Crippen LogP contribution in [-0.2, 0) is 65.4 Å². The molecule has 0 saturated carbocycles. The van der Waals surface area contributed by atoms with Gasteiger partial charge in [-0.3, -0.25) is 37.3 Å². The summed E-state index contributed by atoms with van der Waals surface area (Å²) < 4.78 is 68.3. The molecule has 19 heteroatoms. The number of rotatable bonds is 68. The van der Waals surface area contributed by atoms with Gasteiger partial charge in [0.25, 0.3) is 0 Å². The van der Waals surface area contributed by atoms with E-state index < -0.39 is 97.5 Å². The molecule has 3 unspecified atom stereocenters. The molecule has 92 heavy (non-hydrogen) atoms. The average molecular weight is 1350 g/mol. The minimum Gasteiger partial charge on any atom is -0.462 e. The fourth-order valence-corrected chi connectivity index (χ4v) is 11.6. The molecule has 0 aliphatic rings. The number of aliphatic hydroxyl groups excluding tert-OH is 1. The Morgan fingerprint density at radius 2 is 0.641 bits per heavy atom. The van der Waals surface area contributed by atoms with Gasteiger partial charge in [-0.2, -0.15) is 0 Å². The lowest BCUT2D eigenvalue weighted by molar-refractivity contribution is -0.161. The van der Waals surface area contributed by atoms with Crippen LogP contribution in [0.25, 0.3) is 0 Å². The Kier molecular flexibility index (Phi) is 62.0. The smallest absolute Gasteiger partial charge is 0.462 e. The van der Waals surface area contributed by atoms with E-state index in [0.717, 1.165) is 140 Å². The Hall–Kier alpha value is -2.98. The topological polar surface area (TPSA) is 237 Å². The summed E-state index contributed by atoms with van der Waals surface area (Å²) in [5, 5.41) is 10.6. The lowest BCUT2D eigenvalue weighted by atomic mass is 10.00. The first-order valence-electron chi connectivity index (χ1n) is 36.7. The first-order valence-corrected chi connectivity index (χ1v) is 39.7. The number of allylic oxidation sites excluding steroid dienone is 8. The maximum atomic E-state index is 13.0. The number of unbranched alkanes of at least 4 members (excludes halogenated alkanes) is 31. The number of ether oxygens (including phenoxy) is 4. The number of aliphatic hydroxyl groups is 1. The molecular weight excluding hydrogens is 1210 g/mol. The van der Waals surface area contributed by atoms with Gasteiger partial charge in [0.05, 0.1) is 26.4 Å². The summed E-state index contributed by atoms with van der Waals surface area (Å²) in [5.74, 6) is -0.726. The fraction of sp³-hybridized carbons (Fsp3) is 0.836. The van der Waals surface area contributed by atoms with Gasteiger partial charge in [-0.15, -0.1) is 0 Å². The standard InChI is InChI=1S/C73H134O17P2/c1-7-10-12-14-16-18-20-22-24-26-28-32-36-43-49-55-70(75)83-61-68(89-73(78)58-52-46-38-34-30-31-35-41-47-53-65(4)5)63-87-91(79,80)85-59-67(74)60-86-92(81,82)88-64-69(62-84-71(76)56-50-44-40-39-42-48-54-66(6)9-3)90-72(77)57-51-45-37-33-29-27-25-23-21-19-17-15-13-11-8-2/h18-25,65-69,74H,7-17,26-64H2,1-6H3,(H,79,80)(H,81,82)/b20-18-,21-19-,24-22-,25-23-/t66?,67-,68-,69-/m1/s1. The van der Waals surface area contributed by atoms with Crippen molar-refractivity contribution in [3.63, 3.8) is 0 Å². The lowest BCUT2D eigenvalue weighted by Crippen LogP contribution is -2.30. The third-order valence-electron chi connectivity index (χ3n) is 16.1. The average Bonchev–Trinajstić information content (AvgIpc) is 2.26. The molecule has 0 aromatic carbocycles. The molecule has 0 aliphatic heterocycles. The van der Waals surface area contributed by atoms with E-state index in [2.05, 4.69) is 90.2 Å². The molecule has 0 spiro atoms. The predicted octanol–water partition coefficient (Wildman–Crippen LogP) is 20.3. The Bertz CT molecular complexity index is 1980. The Labute approximate surface area is 559 Å². The van der Waals surface area contributed by atoms with Crippen LogP contribution in [-0.4, -0.2) is 96.7 Å². The molecule has 538 valence electrons. The van der Waals surface area contributed by atoms with Gasteiger partial charge >= 0.3 is 39.5 Å². The van der Waals surface area contributed by atoms with Crippen molar-refractivity contribution in [1.82, 2.24) is 0 Å². The molecule has 0 saturated heterocycles. The maximum Gasteiger partial charge on any atom is 0.472 e. The van der Waals surface area contributed by atoms with Gasteiger partial charge in [0.15, 0.2) is 12.2 Å². The van der Waals surface area contributed by atoms with Gasteiger partial charge in [0.1, 0.15) is 19.3 Å². The number of phosphoric acid groups is 2. The van der Waals surface area contributed by atoms with E-state index in [4.69, 9.17) is 37.0 Å². The maximum absolute atomic E-state index is 13.0. The molecule has 0 heterocycles. The number of hydrogen-bond donors (Lipinski definition) is 3. The first kappa shape index (κ1) is 89.0. The third-order valence-corrected chi connectivity index (χ3v) is 18.0. The summed E-state index contributed by atoms with van der Waals surface area (Å²) in [6.07, 6.45) is 55.8. The molecular formula is C73H134O17P2. The van der Waals surface area contributed by atoms with Crippen LogP contribution in [0.2, 0.25) is 0 Å². The van der Waals surface area contributed by atoms with E-state index in [-0.39, 0.29) is 25.7 Å². The molecule has 0 fully saturated rings. The zero-order chi connectivity index (χ0) is 67.9. The number of hydrogen-bond acceptors (Lipinski definition) is 15. The van der Waals surface area contributed by atoms with Gasteiger partial charge in [-0.25, -0.2) is 9.13 Å². The molecule has 0 rings (SSSR count). The zero-order valence-electron chi connectivity index (χ0n) is 58.8. The van der Waals surface area contributed by atoms with Crippen LogP contribution in [0, 0.1) is 11.8 Å². The Morgan fingerprint density at radius 1 is 0.359 bits per heavy atom. The summed E-state index contributed by atoms with van der Waals surface area (Å²) in [7, 11) is -9.93. The SMILES string of the molecule is CCCCCC/C=C\C=C/CCCCCCCC(=O)OC[C@H](COP(=O)(O)OC[C@@H](O)COP(=O)(O)OC[C@@H](COC(=O)CCCCCCCCC(C)CC)OC(=O)CCCCCCC/C=C\C=C/CCCCCC)OC(=O)CCCCCCCCCCCC(C)C. The predicted molar refractivity (Wildman–Crippen MR) is 372 cm³/mol. The van der Waals surface area contributed by atoms with Gasteiger partial charge in [0.2, 0.25) is 0 Å². The Morgan fingerprint density at radius 3 is 0.967 bits per heavy atom. The van der Waals surface area contributed by atoms with E-state index in [1.54, 1.807) is 0 Å². The summed E-state index contributed by atoms with van der Waals surface area (Å²) >= 11 is 0. The van der Waals surface area contributed by atoms with Crippen molar-refractivity contribution in [3.8, 4) is 0 Å². The monoisotopic (exact) mass is 1340 g/mol. The van der Waals surface area contributed by atoms with Crippen LogP contribution in [0.1, 0.15) is 324 Å². The largest absolute Gasteiger partial charge is 0.472 e. The number of carbonyl (C=O) groups is 4. The van der Waals surface area contributed by atoms with Crippen LogP contribution >= 0.6 is 15.6 Å². The van der Waals surface area contributed by atoms with Crippen molar-refractivity contribution >= 4 is 39.5 Å². The quantitative estimate of drug-likeness (QED) is 0.0169. The van der Waals surface area contributed by atoms with E-state index in [1.807, 2.05) is 0 Å². The normalized spacial score (nSPS) is 14.7. The third kappa shape index (κ3) is 64.4. The van der Waals surface area contributed by atoms with E-state index in [1.165, 1.54) is 103 Å². The highest BCUT2D eigenvalue weighted by Crippen LogP contribution is 2.45. The van der Waals surface area contributed by atoms with Crippen LogP contribution in [0.4, 0.5) is 0 Å². The summed E-state index contributed by atoms with van der Waals surface area (Å²) in [4.78, 5) is 72.6. The molecule has 6 atom stereocenters. The minimum atomic E-state index is -4.97. The van der Waals surface area contributed by atoms with Gasteiger partial charge in [-0.05, 0) is 88.9 Å². The zero-order valence-corrected chi connectivity index (χ0v) is 60.6. The second-order valence-electron chi connectivity index (χ2n) is 25.7. The van der Waals surface area contributed by atoms with Crippen LogP contribution < -0.4 is 0 Å². The molecule has 17 nitrogen and oxygen atoms in total.